The summed E-state index contributed by atoms with van der Waals surface area (Å²) in [6.45, 7) is 3.66. The second-order valence-electron chi connectivity index (χ2n) is 8.15. The first-order valence-corrected chi connectivity index (χ1v) is 12.5. The molecule has 0 aliphatic heterocycles. The van der Waals surface area contributed by atoms with E-state index in [-0.39, 0.29) is 11.2 Å². The maximum atomic E-state index is 12.8. The van der Waals surface area contributed by atoms with Crippen molar-refractivity contribution in [2.75, 3.05) is 11.8 Å². The van der Waals surface area contributed by atoms with E-state index in [1.165, 1.54) is 11.3 Å². The van der Waals surface area contributed by atoms with E-state index in [9.17, 15) is 13.2 Å². The molecule has 2 N–H and O–H groups in total. The number of rotatable bonds is 8. The van der Waals surface area contributed by atoms with Crippen LogP contribution in [0, 0.1) is 0 Å². The lowest BCUT2D eigenvalue weighted by Gasteiger charge is -2.24. The number of nitrogens with zero attached hydrogens (tertiary/aromatic N) is 2. The third-order valence-electron chi connectivity index (χ3n) is 5.19. The predicted molar refractivity (Wildman–Crippen MR) is 124 cm³/mol. The Balaban J connectivity index is 1.44. The zero-order valence-electron chi connectivity index (χ0n) is 18.0. The highest BCUT2D eigenvalue weighted by Crippen LogP contribution is 2.32. The van der Waals surface area contributed by atoms with Gasteiger partial charge >= 0.3 is 0 Å². The summed E-state index contributed by atoms with van der Waals surface area (Å²) < 4.78 is 32.0. The number of sulfonamides is 1. The molecule has 0 spiro atoms. The standard InChI is InChI=1S/C22H24N4O4S2/c1-22(2,19-13-31-21(24-19)26-32(28,29)18-8-9-18)25-20(27)15-6-4-14(5-7-15)16-10-17(30-3)12-23-11-16/h4-7,10-13,18H,8-9H2,1-3H3,(H,24,26)(H,25,27). The van der Waals surface area contributed by atoms with Crippen LogP contribution in [-0.2, 0) is 15.6 Å². The average molecular weight is 473 g/mol. The number of benzene rings is 1. The van der Waals surface area contributed by atoms with Gasteiger partial charge in [0, 0.05) is 22.7 Å². The third-order valence-corrected chi connectivity index (χ3v) is 7.91. The molecule has 32 heavy (non-hydrogen) atoms. The topological polar surface area (TPSA) is 110 Å². The number of thiazole rings is 1. The fourth-order valence-corrected chi connectivity index (χ4v) is 5.59. The number of carbonyl (C=O) groups excluding carboxylic acids is 1. The number of pyridine rings is 1. The third kappa shape index (κ3) is 4.91. The largest absolute Gasteiger partial charge is 0.495 e. The van der Waals surface area contributed by atoms with Crippen LogP contribution in [0.1, 0.15) is 42.7 Å². The summed E-state index contributed by atoms with van der Waals surface area (Å²) >= 11 is 1.21. The van der Waals surface area contributed by atoms with Crippen molar-refractivity contribution < 1.29 is 17.9 Å². The number of nitrogens with one attached hydrogen (secondary N) is 2. The highest BCUT2D eigenvalue weighted by Gasteiger charge is 2.36. The second kappa shape index (κ2) is 8.51. The van der Waals surface area contributed by atoms with Gasteiger partial charge < -0.3 is 10.1 Å². The van der Waals surface area contributed by atoms with Crippen molar-refractivity contribution in [2.45, 2.75) is 37.5 Å². The number of carbonyl (C=O) groups is 1. The number of ether oxygens (including phenoxy) is 1. The first-order chi connectivity index (χ1) is 15.2. The van der Waals surface area contributed by atoms with Gasteiger partial charge in [0.1, 0.15) is 5.75 Å². The molecule has 0 atom stereocenters. The van der Waals surface area contributed by atoms with Gasteiger partial charge in [-0.2, -0.15) is 0 Å². The van der Waals surface area contributed by atoms with E-state index in [2.05, 4.69) is 20.0 Å². The highest BCUT2D eigenvalue weighted by atomic mass is 32.2. The SMILES string of the molecule is COc1cncc(-c2ccc(C(=O)NC(C)(C)c3csc(NS(=O)(=O)C4CC4)n3)cc2)c1. The summed E-state index contributed by atoms with van der Waals surface area (Å²) in [4.78, 5) is 21.4. The zero-order valence-corrected chi connectivity index (χ0v) is 19.6. The molecule has 0 bridgehead atoms. The van der Waals surface area contributed by atoms with Crippen molar-refractivity contribution in [3.63, 3.8) is 0 Å². The van der Waals surface area contributed by atoms with E-state index in [0.29, 0.717) is 35.0 Å². The van der Waals surface area contributed by atoms with Crippen LogP contribution in [0.25, 0.3) is 11.1 Å². The van der Waals surface area contributed by atoms with Crippen LogP contribution in [0.2, 0.25) is 0 Å². The lowest BCUT2D eigenvalue weighted by atomic mass is 10.0. The Bertz CT molecular complexity index is 1230. The molecule has 1 saturated carbocycles. The molecule has 4 rings (SSSR count). The molecule has 1 aliphatic rings. The normalized spacial score (nSPS) is 14.1. The molecule has 0 saturated heterocycles. The highest BCUT2D eigenvalue weighted by molar-refractivity contribution is 7.93. The van der Waals surface area contributed by atoms with Gasteiger partial charge in [-0.1, -0.05) is 12.1 Å². The molecule has 0 radical (unpaired) electrons. The van der Waals surface area contributed by atoms with Gasteiger partial charge in [0.25, 0.3) is 5.91 Å². The molecular weight excluding hydrogens is 448 g/mol. The van der Waals surface area contributed by atoms with E-state index in [0.717, 1.165) is 11.1 Å². The number of hydrogen-bond donors (Lipinski definition) is 2. The van der Waals surface area contributed by atoms with Crippen LogP contribution in [0.5, 0.6) is 5.75 Å². The van der Waals surface area contributed by atoms with E-state index >= 15 is 0 Å². The van der Waals surface area contributed by atoms with E-state index < -0.39 is 15.6 Å². The Hall–Kier alpha value is -2.98. The van der Waals surface area contributed by atoms with Crippen molar-refractivity contribution in [1.29, 1.82) is 0 Å². The minimum atomic E-state index is -3.37. The average Bonchev–Trinajstić information content (AvgIpc) is 3.54. The molecule has 10 heteroatoms. The van der Waals surface area contributed by atoms with Crippen LogP contribution < -0.4 is 14.8 Å². The summed E-state index contributed by atoms with van der Waals surface area (Å²) in [5.41, 5.74) is 2.11. The first-order valence-electron chi connectivity index (χ1n) is 10.1. The molecule has 0 unspecified atom stereocenters. The zero-order chi connectivity index (χ0) is 22.9. The number of anilines is 1. The monoisotopic (exact) mass is 472 g/mol. The molecule has 1 fully saturated rings. The summed E-state index contributed by atoms with van der Waals surface area (Å²) in [5, 5.41) is 4.72. The number of hydrogen-bond acceptors (Lipinski definition) is 7. The molecule has 3 aromatic rings. The molecule has 2 aromatic heterocycles. The molecule has 8 nitrogen and oxygen atoms in total. The van der Waals surface area contributed by atoms with Gasteiger partial charge in [0.05, 0.1) is 29.8 Å². The van der Waals surface area contributed by atoms with Gasteiger partial charge in [-0.15, -0.1) is 11.3 Å². The minimum Gasteiger partial charge on any atom is -0.495 e. The van der Waals surface area contributed by atoms with Crippen molar-refractivity contribution in [1.82, 2.24) is 15.3 Å². The molecular formula is C22H24N4O4S2. The lowest BCUT2D eigenvalue weighted by Crippen LogP contribution is -2.41. The van der Waals surface area contributed by atoms with Crippen LogP contribution >= 0.6 is 11.3 Å². The van der Waals surface area contributed by atoms with Crippen LogP contribution in [0.3, 0.4) is 0 Å². The molecule has 2 heterocycles. The maximum absolute atomic E-state index is 12.8. The Morgan fingerprint density at radius 3 is 2.53 bits per heavy atom. The summed E-state index contributed by atoms with van der Waals surface area (Å²) in [5.74, 6) is 0.409. The Morgan fingerprint density at radius 1 is 1.16 bits per heavy atom. The summed E-state index contributed by atoms with van der Waals surface area (Å²) in [7, 11) is -1.78. The summed E-state index contributed by atoms with van der Waals surface area (Å²) in [6.07, 6.45) is 4.73. The fourth-order valence-electron chi connectivity index (χ4n) is 3.11. The van der Waals surface area contributed by atoms with E-state index in [1.807, 2.05) is 32.0 Å². The van der Waals surface area contributed by atoms with Gasteiger partial charge in [-0.3, -0.25) is 14.5 Å². The minimum absolute atomic E-state index is 0.251. The van der Waals surface area contributed by atoms with Crippen molar-refractivity contribution >= 4 is 32.4 Å². The van der Waals surface area contributed by atoms with Gasteiger partial charge in [-0.05, 0) is 50.5 Å². The van der Waals surface area contributed by atoms with Gasteiger partial charge in [0.15, 0.2) is 5.13 Å². The molecule has 1 amide bonds. The quantitative estimate of drug-likeness (QED) is 0.516. The van der Waals surface area contributed by atoms with Crippen molar-refractivity contribution in [3.8, 4) is 16.9 Å². The van der Waals surface area contributed by atoms with Crippen LogP contribution in [-0.4, -0.2) is 36.7 Å². The maximum Gasteiger partial charge on any atom is 0.252 e. The Kier molecular flexibility index (Phi) is 5.91. The van der Waals surface area contributed by atoms with E-state index in [4.69, 9.17) is 4.74 Å². The van der Waals surface area contributed by atoms with Gasteiger partial charge in [0.2, 0.25) is 10.0 Å². The second-order valence-corrected chi connectivity index (χ2v) is 11.0. The molecule has 168 valence electrons. The first kappa shape index (κ1) is 22.2. The van der Waals surface area contributed by atoms with Crippen LogP contribution in [0.4, 0.5) is 5.13 Å². The van der Waals surface area contributed by atoms with Crippen molar-refractivity contribution in [3.05, 3.63) is 59.4 Å². The Labute approximate surface area is 191 Å². The summed E-state index contributed by atoms with van der Waals surface area (Å²) in [6, 6.07) is 9.08. The lowest BCUT2D eigenvalue weighted by molar-refractivity contribution is 0.0910. The van der Waals surface area contributed by atoms with Crippen molar-refractivity contribution in [2.24, 2.45) is 0 Å². The molecule has 1 aliphatic carbocycles. The van der Waals surface area contributed by atoms with E-state index in [1.54, 1.807) is 37.0 Å². The predicted octanol–water partition coefficient (Wildman–Crippen LogP) is 3.78. The van der Waals surface area contributed by atoms with Gasteiger partial charge in [-0.25, -0.2) is 13.4 Å². The number of aromatic nitrogens is 2. The Morgan fingerprint density at radius 2 is 1.88 bits per heavy atom. The smallest absolute Gasteiger partial charge is 0.252 e. The van der Waals surface area contributed by atoms with Crippen LogP contribution in [0.15, 0.2) is 48.1 Å². The number of methoxy groups -OCH3 is 1. The molecule has 1 aromatic carbocycles. The fraction of sp³-hybridized carbons (Fsp3) is 0.318. The number of amides is 1.